The monoisotopic (exact) mass is 492 g/mol. The molecule has 37 heavy (non-hydrogen) atoms. The van der Waals surface area contributed by atoms with Crippen molar-refractivity contribution < 1.29 is 19.4 Å². The highest BCUT2D eigenvalue weighted by Gasteiger charge is 2.46. The summed E-state index contributed by atoms with van der Waals surface area (Å²) in [4.78, 5) is 32.3. The van der Waals surface area contributed by atoms with Crippen LogP contribution in [0.2, 0.25) is 0 Å². The Labute approximate surface area is 215 Å². The Morgan fingerprint density at radius 1 is 0.946 bits per heavy atom. The Kier molecular flexibility index (Phi) is 6.73. The molecular formula is C31H28N2O4. The van der Waals surface area contributed by atoms with Crippen LogP contribution in [0.15, 0.2) is 96.8 Å². The van der Waals surface area contributed by atoms with Gasteiger partial charge in [-0.1, -0.05) is 62.4 Å². The summed E-state index contributed by atoms with van der Waals surface area (Å²) in [5.41, 5.74) is 2.07. The van der Waals surface area contributed by atoms with E-state index in [2.05, 4.69) is 18.8 Å². The van der Waals surface area contributed by atoms with Crippen LogP contribution in [0.25, 0.3) is 16.5 Å². The number of likely N-dealkylation sites (tertiary alicyclic amines) is 1. The van der Waals surface area contributed by atoms with Gasteiger partial charge in [0.05, 0.1) is 18.2 Å². The Bertz CT molecular complexity index is 1490. The van der Waals surface area contributed by atoms with Crippen LogP contribution in [0, 0.1) is 5.92 Å². The zero-order chi connectivity index (χ0) is 25.9. The molecule has 186 valence electrons. The van der Waals surface area contributed by atoms with Gasteiger partial charge in [0.15, 0.2) is 0 Å². The van der Waals surface area contributed by atoms with Gasteiger partial charge in [0.1, 0.15) is 11.5 Å². The molecular weight excluding hydrogens is 464 g/mol. The largest absolute Gasteiger partial charge is 0.507 e. The van der Waals surface area contributed by atoms with Gasteiger partial charge in [-0.05, 0) is 58.1 Å². The van der Waals surface area contributed by atoms with Crippen LogP contribution in [0.3, 0.4) is 0 Å². The molecule has 3 aromatic carbocycles. The van der Waals surface area contributed by atoms with Crippen molar-refractivity contribution in [3.05, 3.63) is 114 Å². The van der Waals surface area contributed by atoms with Crippen molar-refractivity contribution in [3.63, 3.8) is 0 Å². The number of fused-ring (bicyclic) bond motifs is 1. The maximum atomic E-state index is 13.4. The average molecular weight is 493 g/mol. The molecule has 1 fully saturated rings. The molecule has 1 aliphatic rings. The molecule has 0 aliphatic carbocycles. The first kappa shape index (κ1) is 24.3. The number of aliphatic hydroxyl groups is 1. The fourth-order valence-corrected chi connectivity index (χ4v) is 4.60. The standard InChI is InChI=1S/C31H28N2O4/c1-20(2)19-37-26-9-5-8-24(17-26)28-27(29(34)25-11-10-22-6-3-4-7-23(22)16-25)30(35)31(36)33(28)18-21-12-14-32-15-13-21/h3-17,20,28,34H,18-19H2,1-2H3/b29-27-. The van der Waals surface area contributed by atoms with Gasteiger partial charge in [0.2, 0.25) is 0 Å². The smallest absolute Gasteiger partial charge is 0.295 e. The third-order valence-corrected chi connectivity index (χ3v) is 6.42. The van der Waals surface area contributed by atoms with Crippen molar-refractivity contribution in [1.82, 2.24) is 9.88 Å². The first-order valence-electron chi connectivity index (χ1n) is 12.3. The highest BCUT2D eigenvalue weighted by atomic mass is 16.5. The molecule has 5 rings (SSSR count). The van der Waals surface area contributed by atoms with Crippen molar-refractivity contribution in [1.29, 1.82) is 0 Å². The number of aromatic nitrogens is 1. The lowest BCUT2D eigenvalue weighted by Gasteiger charge is -2.26. The maximum Gasteiger partial charge on any atom is 0.295 e. The number of carbonyl (C=O) groups excluding carboxylic acids is 2. The molecule has 1 aromatic heterocycles. The fraction of sp³-hybridized carbons (Fsp3) is 0.194. The van der Waals surface area contributed by atoms with Crippen molar-refractivity contribution in [2.45, 2.75) is 26.4 Å². The van der Waals surface area contributed by atoms with Gasteiger partial charge in [-0.3, -0.25) is 14.6 Å². The summed E-state index contributed by atoms with van der Waals surface area (Å²) in [5.74, 6) is -0.573. The van der Waals surface area contributed by atoms with Crippen LogP contribution in [-0.2, 0) is 16.1 Å². The zero-order valence-electron chi connectivity index (χ0n) is 20.8. The fourth-order valence-electron chi connectivity index (χ4n) is 4.60. The Morgan fingerprint density at radius 3 is 2.46 bits per heavy atom. The quantitative estimate of drug-likeness (QED) is 0.198. The van der Waals surface area contributed by atoms with Crippen LogP contribution in [0.1, 0.15) is 36.6 Å². The first-order valence-corrected chi connectivity index (χ1v) is 12.3. The number of ether oxygens (including phenoxy) is 1. The Hall–Kier alpha value is -4.45. The van der Waals surface area contributed by atoms with Crippen LogP contribution >= 0.6 is 0 Å². The predicted octanol–water partition coefficient (Wildman–Crippen LogP) is 5.89. The van der Waals surface area contributed by atoms with E-state index in [1.165, 1.54) is 4.90 Å². The molecule has 1 atom stereocenters. The molecule has 1 aliphatic heterocycles. The number of hydrogen-bond acceptors (Lipinski definition) is 5. The number of Topliss-reactive ketones (excluding diaryl/α,β-unsaturated/α-hetero) is 1. The maximum absolute atomic E-state index is 13.4. The second-order valence-electron chi connectivity index (χ2n) is 9.62. The minimum atomic E-state index is -0.776. The molecule has 2 heterocycles. The summed E-state index contributed by atoms with van der Waals surface area (Å²) < 4.78 is 5.93. The van der Waals surface area contributed by atoms with E-state index in [9.17, 15) is 14.7 Å². The van der Waals surface area contributed by atoms with Gasteiger partial charge in [-0.15, -0.1) is 0 Å². The van der Waals surface area contributed by atoms with E-state index in [0.717, 1.165) is 16.3 Å². The number of hydrogen-bond donors (Lipinski definition) is 1. The van der Waals surface area contributed by atoms with Crippen molar-refractivity contribution in [2.75, 3.05) is 6.61 Å². The van der Waals surface area contributed by atoms with Crippen molar-refractivity contribution in [3.8, 4) is 5.75 Å². The third-order valence-electron chi connectivity index (χ3n) is 6.42. The first-order chi connectivity index (χ1) is 17.9. The SMILES string of the molecule is CC(C)COc1cccc(C2/C(=C(/O)c3ccc4ccccc4c3)C(=O)C(=O)N2Cc2ccncc2)c1. The van der Waals surface area contributed by atoms with Crippen molar-refractivity contribution in [2.24, 2.45) is 5.92 Å². The number of rotatable bonds is 7. The van der Waals surface area contributed by atoms with Crippen molar-refractivity contribution >= 4 is 28.2 Å². The molecule has 0 radical (unpaired) electrons. The van der Waals surface area contributed by atoms with Gasteiger partial charge in [-0.2, -0.15) is 0 Å². The average Bonchev–Trinajstić information content (AvgIpc) is 3.17. The molecule has 1 saturated heterocycles. The lowest BCUT2D eigenvalue weighted by molar-refractivity contribution is -0.140. The highest BCUT2D eigenvalue weighted by Crippen LogP contribution is 2.41. The lowest BCUT2D eigenvalue weighted by Crippen LogP contribution is -2.29. The van der Waals surface area contributed by atoms with Gasteiger partial charge in [-0.25, -0.2) is 0 Å². The van der Waals surface area contributed by atoms with Gasteiger partial charge >= 0.3 is 0 Å². The molecule has 1 unspecified atom stereocenters. The van der Waals surface area contributed by atoms with E-state index >= 15 is 0 Å². The minimum Gasteiger partial charge on any atom is -0.507 e. The van der Waals surface area contributed by atoms with E-state index < -0.39 is 17.7 Å². The second kappa shape index (κ2) is 10.3. The Balaban J connectivity index is 1.63. The van der Waals surface area contributed by atoms with E-state index in [0.29, 0.717) is 29.4 Å². The summed E-state index contributed by atoms with van der Waals surface area (Å²) >= 11 is 0. The van der Waals surface area contributed by atoms with Gasteiger partial charge in [0, 0.05) is 24.5 Å². The predicted molar refractivity (Wildman–Crippen MR) is 143 cm³/mol. The molecule has 1 amide bonds. The number of ketones is 1. The van der Waals surface area contributed by atoms with E-state index in [1.54, 1.807) is 18.5 Å². The molecule has 6 nitrogen and oxygen atoms in total. The number of benzene rings is 3. The number of pyridine rings is 1. The van der Waals surface area contributed by atoms with E-state index in [-0.39, 0.29) is 17.9 Å². The highest BCUT2D eigenvalue weighted by molar-refractivity contribution is 6.46. The summed E-state index contributed by atoms with van der Waals surface area (Å²) in [6, 6.07) is 23.5. The van der Waals surface area contributed by atoms with Gasteiger partial charge < -0.3 is 14.7 Å². The number of amides is 1. The summed E-state index contributed by atoms with van der Waals surface area (Å²) in [7, 11) is 0. The molecule has 4 aromatic rings. The summed E-state index contributed by atoms with van der Waals surface area (Å²) in [6.07, 6.45) is 3.30. The molecule has 0 spiro atoms. The van der Waals surface area contributed by atoms with E-state index in [1.807, 2.05) is 72.8 Å². The van der Waals surface area contributed by atoms with E-state index in [4.69, 9.17) is 4.74 Å². The molecule has 1 N–H and O–H groups in total. The second-order valence-corrected chi connectivity index (χ2v) is 9.62. The zero-order valence-corrected chi connectivity index (χ0v) is 20.8. The molecule has 0 saturated carbocycles. The van der Waals surface area contributed by atoms with Crippen LogP contribution in [0.5, 0.6) is 5.75 Å². The number of carbonyl (C=O) groups is 2. The van der Waals surface area contributed by atoms with Crippen LogP contribution in [-0.4, -0.2) is 33.3 Å². The topological polar surface area (TPSA) is 79.7 Å². The van der Waals surface area contributed by atoms with Crippen LogP contribution < -0.4 is 4.74 Å². The van der Waals surface area contributed by atoms with Crippen LogP contribution in [0.4, 0.5) is 0 Å². The third kappa shape index (κ3) is 4.96. The summed E-state index contributed by atoms with van der Waals surface area (Å²) in [6.45, 7) is 4.87. The molecule has 6 heteroatoms. The minimum absolute atomic E-state index is 0.0651. The summed E-state index contributed by atoms with van der Waals surface area (Å²) in [5, 5.41) is 13.4. The number of nitrogens with zero attached hydrogens (tertiary/aromatic N) is 2. The Morgan fingerprint density at radius 2 is 1.70 bits per heavy atom. The molecule has 0 bridgehead atoms. The normalized spacial score (nSPS) is 17.1. The van der Waals surface area contributed by atoms with Gasteiger partial charge in [0.25, 0.3) is 11.7 Å². The number of aliphatic hydroxyl groups excluding tert-OH is 1. The lowest BCUT2D eigenvalue weighted by atomic mass is 9.94.